The van der Waals surface area contributed by atoms with Gasteiger partial charge in [-0.2, -0.15) is 0 Å². The van der Waals surface area contributed by atoms with E-state index < -0.39 is 0 Å². The molecule has 1 amide bonds. The van der Waals surface area contributed by atoms with Gasteiger partial charge in [0.2, 0.25) is 0 Å². The molecule has 0 fully saturated rings. The number of nitrogens with zero attached hydrogens (tertiary/aromatic N) is 1. The molecule has 2 heterocycles. The van der Waals surface area contributed by atoms with Crippen LogP contribution in [-0.2, 0) is 4.79 Å². The molecule has 1 aliphatic rings. The Balaban J connectivity index is 1.42. The van der Waals surface area contributed by atoms with Gasteiger partial charge in [0.1, 0.15) is 11.5 Å². The molecule has 35 heavy (non-hydrogen) atoms. The van der Waals surface area contributed by atoms with Crippen molar-refractivity contribution in [3.8, 4) is 11.3 Å². The van der Waals surface area contributed by atoms with Crippen molar-refractivity contribution in [2.75, 3.05) is 4.90 Å². The Morgan fingerprint density at radius 3 is 2.31 bits per heavy atom. The normalized spacial score (nSPS) is 14.7. The first-order valence-electron chi connectivity index (χ1n) is 11.3. The first kappa shape index (κ1) is 21.2. The van der Waals surface area contributed by atoms with Crippen molar-refractivity contribution in [2.24, 2.45) is 0 Å². The smallest absolute Gasteiger partial charge is 0.263 e. The van der Waals surface area contributed by atoms with Gasteiger partial charge in [0.15, 0.2) is 0 Å². The lowest BCUT2D eigenvalue weighted by atomic mass is 10.1. The summed E-state index contributed by atoms with van der Waals surface area (Å²) in [5.74, 6) is 1.20. The summed E-state index contributed by atoms with van der Waals surface area (Å²) in [6.45, 7) is 0. The van der Waals surface area contributed by atoms with Crippen molar-refractivity contribution in [3.05, 3.63) is 137 Å². The van der Waals surface area contributed by atoms with Crippen LogP contribution in [0.2, 0.25) is 5.02 Å². The number of rotatable bonds is 4. The third kappa shape index (κ3) is 4.07. The number of benzene rings is 4. The Morgan fingerprint density at radius 1 is 0.714 bits per heavy atom. The molecule has 0 N–H and O–H groups in total. The van der Waals surface area contributed by atoms with E-state index in [2.05, 4.69) is 18.2 Å². The fourth-order valence-corrected chi connectivity index (χ4v) is 4.58. The third-order valence-corrected chi connectivity index (χ3v) is 6.31. The van der Waals surface area contributed by atoms with Crippen LogP contribution >= 0.6 is 11.6 Å². The van der Waals surface area contributed by atoms with Gasteiger partial charge >= 0.3 is 0 Å². The molecule has 0 unspecified atom stereocenters. The standard InChI is InChI=1S/C31H20ClNO2/c32-26-12-6-11-24(17-26)30-16-15-28(35-30)19-25-20-29(22-8-2-1-3-9-22)33(31(25)34)27-14-13-21-7-4-5-10-23(21)18-27/h1-20H/b25-19+. The van der Waals surface area contributed by atoms with Crippen LogP contribution < -0.4 is 4.90 Å². The summed E-state index contributed by atoms with van der Waals surface area (Å²) in [6, 6.07) is 35.4. The minimum absolute atomic E-state index is 0.0974. The second kappa shape index (κ2) is 8.79. The van der Waals surface area contributed by atoms with Gasteiger partial charge in [0.25, 0.3) is 5.91 Å². The lowest BCUT2D eigenvalue weighted by molar-refractivity contribution is -0.113. The van der Waals surface area contributed by atoms with E-state index in [1.54, 1.807) is 11.0 Å². The van der Waals surface area contributed by atoms with Gasteiger partial charge in [0.05, 0.1) is 5.70 Å². The van der Waals surface area contributed by atoms with Crippen molar-refractivity contribution >= 4 is 45.7 Å². The van der Waals surface area contributed by atoms with Crippen LogP contribution in [-0.4, -0.2) is 5.91 Å². The van der Waals surface area contributed by atoms with Crippen molar-refractivity contribution in [1.29, 1.82) is 0 Å². The second-order valence-corrected chi connectivity index (χ2v) is 8.82. The first-order chi connectivity index (χ1) is 17.2. The molecule has 0 bridgehead atoms. The SMILES string of the molecule is O=C1/C(=C/c2ccc(-c3cccc(Cl)c3)o2)C=C(c2ccccc2)N1c1ccc2ccccc2c1. The Kier molecular flexibility index (Phi) is 5.32. The minimum atomic E-state index is -0.0974. The summed E-state index contributed by atoms with van der Waals surface area (Å²) in [6.07, 6.45) is 3.72. The number of hydrogen-bond donors (Lipinski definition) is 0. The largest absolute Gasteiger partial charge is 0.457 e. The fraction of sp³-hybridized carbons (Fsp3) is 0. The van der Waals surface area contributed by atoms with Gasteiger partial charge in [0, 0.05) is 21.8 Å². The van der Waals surface area contributed by atoms with Crippen molar-refractivity contribution in [2.45, 2.75) is 0 Å². The van der Waals surface area contributed by atoms with E-state index in [1.807, 2.05) is 97.1 Å². The van der Waals surface area contributed by atoms with Crippen molar-refractivity contribution in [3.63, 3.8) is 0 Å². The highest BCUT2D eigenvalue weighted by atomic mass is 35.5. The number of carbonyl (C=O) groups is 1. The van der Waals surface area contributed by atoms with Crippen LogP contribution in [0.4, 0.5) is 5.69 Å². The lowest BCUT2D eigenvalue weighted by Crippen LogP contribution is -2.24. The van der Waals surface area contributed by atoms with E-state index in [0.29, 0.717) is 22.1 Å². The Hall–Kier alpha value is -4.34. The van der Waals surface area contributed by atoms with Crippen molar-refractivity contribution < 1.29 is 9.21 Å². The molecule has 0 atom stereocenters. The molecule has 0 saturated carbocycles. The Bertz CT molecular complexity index is 1630. The molecule has 3 nitrogen and oxygen atoms in total. The van der Waals surface area contributed by atoms with Crippen LogP contribution in [0.3, 0.4) is 0 Å². The molecule has 0 saturated heterocycles. The van der Waals surface area contributed by atoms with Crippen LogP contribution in [0.15, 0.2) is 125 Å². The van der Waals surface area contributed by atoms with Crippen LogP contribution in [0.1, 0.15) is 11.3 Å². The first-order valence-corrected chi connectivity index (χ1v) is 11.7. The Morgan fingerprint density at radius 2 is 1.49 bits per heavy atom. The highest BCUT2D eigenvalue weighted by Crippen LogP contribution is 2.37. The highest BCUT2D eigenvalue weighted by Gasteiger charge is 2.30. The summed E-state index contributed by atoms with van der Waals surface area (Å²) in [4.78, 5) is 15.5. The molecule has 6 rings (SSSR count). The zero-order chi connectivity index (χ0) is 23.8. The predicted octanol–water partition coefficient (Wildman–Crippen LogP) is 8.22. The van der Waals surface area contributed by atoms with Gasteiger partial charge in [-0.1, -0.05) is 84.4 Å². The van der Waals surface area contributed by atoms with Gasteiger partial charge in [-0.15, -0.1) is 0 Å². The molecule has 0 aliphatic carbocycles. The number of halogens is 1. The van der Waals surface area contributed by atoms with Crippen LogP contribution in [0, 0.1) is 0 Å². The molecule has 1 aromatic heterocycles. The number of furan rings is 1. The van der Waals surface area contributed by atoms with E-state index in [-0.39, 0.29) is 5.91 Å². The summed E-state index contributed by atoms with van der Waals surface area (Å²) in [7, 11) is 0. The summed E-state index contributed by atoms with van der Waals surface area (Å²) >= 11 is 6.13. The zero-order valence-corrected chi connectivity index (χ0v) is 19.4. The molecule has 168 valence electrons. The molecule has 1 aliphatic heterocycles. The maximum absolute atomic E-state index is 13.7. The van der Waals surface area contributed by atoms with Gasteiger partial charge < -0.3 is 4.42 Å². The topological polar surface area (TPSA) is 33.5 Å². The average molecular weight is 474 g/mol. The van der Waals surface area contributed by atoms with E-state index >= 15 is 0 Å². The van der Waals surface area contributed by atoms with E-state index in [4.69, 9.17) is 16.0 Å². The molecule has 4 heteroatoms. The van der Waals surface area contributed by atoms with E-state index in [1.165, 1.54) is 0 Å². The molecular formula is C31H20ClNO2. The van der Waals surface area contributed by atoms with Crippen LogP contribution in [0.5, 0.6) is 0 Å². The molecular weight excluding hydrogens is 454 g/mol. The predicted molar refractivity (Wildman–Crippen MR) is 143 cm³/mol. The third-order valence-electron chi connectivity index (χ3n) is 6.08. The zero-order valence-electron chi connectivity index (χ0n) is 18.7. The number of amides is 1. The van der Waals surface area contributed by atoms with Crippen LogP contribution in [0.25, 0.3) is 33.9 Å². The second-order valence-electron chi connectivity index (χ2n) is 8.38. The molecule has 0 spiro atoms. The number of fused-ring (bicyclic) bond motifs is 1. The number of hydrogen-bond acceptors (Lipinski definition) is 2. The van der Waals surface area contributed by atoms with Crippen molar-refractivity contribution in [1.82, 2.24) is 0 Å². The average Bonchev–Trinajstić information content (AvgIpc) is 3.49. The monoisotopic (exact) mass is 473 g/mol. The maximum Gasteiger partial charge on any atom is 0.263 e. The highest BCUT2D eigenvalue weighted by molar-refractivity contribution is 6.30. The number of anilines is 1. The maximum atomic E-state index is 13.7. The Labute approximate surface area is 208 Å². The van der Waals surface area contributed by atoms with Gasteiger partial charge in [-0.05, 0) is 64.9 Å². The molecule has 4 aromatic carbocycles. The van der Waals surface area contributed by atoms with Gasteiger partial charge in [-0.25, -0.2) is 0 Å². The fourth-order valence-electron chi connectivity index (χ4n) is 4.39. The van der Waals surface area contributed by atoms with E-state index in [0.717, 1.165) is 33.3 Å². The lowest BCUT2D eigenvalue weighted by Gasteiger charge is -2.21. The molecule has 0 radical (unpaired) electrons. The molecule has 5 aromatic rings. The van der Waals surface area contributed by atoms with E-state index in [9.17, 15) is 4.79 Å². The quantitative estimate of drug-likeness (QED) is 0.246. The number of carbonyl (C=O) groups excluding carboxylic acids is 1. The summed E-state index contributed by atoms with van der Waals surface area (Å²) < 4.78 is 6.04. The minimum Gasteiger partial charge on any atom is -0.457 e. The summed E-state index contributed by atoms with van der Waals surface area (Å²) in [5, 5.41) is 2.86. The van der Waals surface area contributed by atoms with Gasteiger partial charge in [-0.3, -0.25) is 9.69 Å². The summed E-state index contributed by atoms with van der Waals surface area (Å²) in [5.41, 5.74) is 4.07.